The molecule has 2 heterocycles. The Morgan fingerprint density at radius 1 is 1.38 bits per heavy atom. The van der Waals surface area contributed by atoms with Crippen LogP contribution in [0.3, 0.4) is 0 Å². The van der Waals surface area contributed by atoms with Crippen LogP contribution in [0.5, 0.6) is 0 Å². The molecule has 0 aromatic carbocycles. The Bertz CT molecular complexity index is 534. The van der Waals surface area contributed by atoms with Crippen molar-refractivity contribution >= 4 is 28.2 Å². The molecule has 0 radical (unpaired) electrons. The Kier molecular flexibility index (Phi) is 3.82. The maximum absolute atomic E-state index is 12.5. The molecule has 1 aliphatic heterocycles. The average Bonchev–Trinajstić information content (AvgIpc) is 3.10. The van der Waals surface area contributed by atoms with Gasteiger partial charge in [0, 0.05) is 19.1 Å². The quantitative estimate of drug-likeness (QED) is 0.900. The van der Waals surface area contributed by atoms with Crippen molar-refractivity contribution < 1.29 is 4.79 Å². The van der Waals surface area contributed by atoms with E-state index in [-0.39, 0.29) is 17.4 Å². The fourth-order valence-corrected chi connectivity index (χ4v) is 4.28. The molecule has 2 aliphatic rings. The van der Waals surface area contributed by atoms with Crippen LogP contribution < -0.4 is 16.0 Å². The third-order valence-corrected chi connectivity index (χ3v) is 5.92. The van der Waals surface area contributed by atoms with E-state index in [4.69, 9.17) is 5.73 Å². The van der Waals surface area contributed by atoms with Crippen LogP contribution in [0.2, 0.25) is 0 Å². The maximum atomic E-state index is 12.5. The molecule has 116 valence electrons. The van der Waals surface area contributed by atoms with Crippen LogP contribution in [0.25, 0.3) is 0 Å². The number of hydrogen-bond donors (Lipinski definition) is 2. The molecule has 1 aliphatic carbocycles. The Labute approximate surface area is 129 Å². The number of carbonyl (C=O) groups excluding carboxylic acids is 1. The molecule has 1 aromatic heterocycles. The van der Waals surface area contributed by atoms with E-state index in [1.807, 2.05) is 0 Å². The van der Waals surface area contributed by atoms with Gasteiger partial charge in [-0.2, -0.15) is 0 Å². The summed E-state index contributed by atoms with van der Waals surface area (Å²) in [5.41, 5.74) is 6.14. The molecule has 1 saturated heterocycles. The van der Waals surface area contributed by atoms with Crippen molar-refractivity contribution in [3.8, 4) is 0 Å². The highest BCUT2D eigenvalue weighted by atomic mass is 32.1. The summed E-state index contributed by atoms with van der Waals surface area (Å²) in [6.45, 7) is 6.47. The predicted octanol–water partition coefficient (Wildman–Crippen LogP) is 2.63. The number of nitrogens with one attached hydrogen (secondary N) is 1. The Balaban J connectivity index is 1.72. The largest absolute Gasteiger partial charge is 0.382 e. The van der Waals surface area contributed by atoms with Gasteiger partial charge in [0.2, 0.25) is 0 Å². The lowest BCUT2D eigenvalue weighted by molar-refractivity contribution is 0.0915. The predicted molar refractivity (Wildman–Crippen MR) is 86.9 cm³/mol. The third-order valence-electron chi connectivity index (χ3n) is 4.79. The van der Waals surface area contributed by atoms with Crippen LogP contribution in [-0.2, 0) is 0 Å². The second-order valence-corrected chi connectivity index (χ2v) is 7.79. The molecular weight excluding hydrogens is 284 g/mol. The Hall–Kier alpha value is -1.30. The van der Waals surface area contributed by atoms with Gasteiger partial charge in [-0.3, -0.25) is 4.79 Å². The number of thiazole rings is 1. The van der Waals surface area contributed by atoms with Gasteiger partial charge in [0.1, 0.15) is 10.7 Å². The van der Waals surface area contributed by atoms with E-state index in [0.717, 1.165) is 31.1 Å². The molecule has 1 atom stereocenters. The normalized spacial score (nSPS) is 24.5. The minimum atomic E-state index is -0.0598. The molecule has 3 N–H and O–H groups in total. The summed E-state index contributed by atoms with van der Waals surface area (Å²) in [4.78, 5) is 19.7. The van der Waals surface area contributed by atoms with E-state index >= 15 is 0 Å². The van der Waals surface area contributed by atoms with Gasteiger partial charge >= 0.3 is 0 Å². The molecule has 2 fully saturated rings. The number of rotatable bonds is 3. The van der Waals surface area contributed by atoms with Gasteiger partial charge in [0.15, 0.2) is 5.13 Å². The highest BCUT2D eigenvalue weighted by molar-refractivity contribution is 7.18. The van der Waals surface area contributed by atoms with E-state index in [9.17, 15) is 4.79 Å². The first-order valence-electron chi connectivity index (χ1n) is 7.79. The first-order valence-corrected chi connectivity index (χ1v) is 8.61. The number of nitrogens with zero attached hydrogens (tertiary/aromatic N) is 2. The van der Waals surface area contributed by atoms with Gasteiger partial charge < -0.3 is 16.0 Å². The molecule has 0 bridgehead atoms. The molecule has 1 unspecified atom stereocenters. The van der Waals surface area contributed by atoms with Gasteiger partial charge in [-0.25, -0.2) is 4.98 Å². The van der Waals surface area contributed by atoms with E-state index in [2.05, 4.69) is 29.0 Å². The fourth-order valence-electron chi connectivity index (χ4n) is 3.34. The molecule has 6 heteroatoms. The average molecular weight is 308 g/mol. The zero-order valence-electron chi connectivity index (χ0n) is 12.8. The van der Waals surface area contributed by atoms with Crippen LogP contribution in [0.1, 0.15) is 55.6 Å². The van der Waals surface area contributed by atoms with E-state index in [1.54, 1.807) is 0 Å². The van der Waals surface area contributed by atoms with Crippen molar-refractivity contribution in [2.75, 3.05) is 23.7 Å². The van der Waals surface area contributed by atoms with Crippen molar-refractivity contribution in [2.24, 2.45) is 5.41 Å². The number of amides is 1. The van der Waals surface area contributed by atoms with Crippen LogP contribution in [-0.4, -0.2) is 30.0 Å². The van der Waals surface area contributed by atoms with Crippen molar-refractivity contribution in [2.45, 2.75) is 52.0 Å². The molecule has 0 spiro atoms. The van der Waals surface area contributed by atoms with Gasteiger partial charge in [-0.05, 0) is 31.1 Å². The smallest absolute Gasteiger partial charge is 0.265 e. The third kappa shape index (κ3) is 2.86. The van der Waals surface area contributed by atoms with Gasteiger partial charge in [-0.15, -0.1) is 0 Å². The van der Waals surface area contributed by atoms with Crippen molar-refractivity contribution in [3.63, 3.8) is 0 Å². The number of nitrogens with two attached hydrogens (primary N) is 1. The lowest BCUT2D eigenvalue weighted by Crippen LogP contribution is -2.41. The van der Waals surface area contributed by atoms with Crippen molar-refractivity contribution in [1.29, 1.82) is 0 Å². The van der Waals surface area contributed by atoms with Crippen molar-refractivity contribution in [3.05, 3.63) is 4.88 Å². The van der Waals surface area contributed by atoms with Gasteiger partial charge in [0.05, 0.1) is 0 Å². The van der Waals surface area contributed by atoms with E-state index < -0.39 is 0 Å². The number of carbonyl (C=O) groups is 1. The SMILES string of the molecule is CC1(C)CCCC1NC(=O)c1sc(N2CCCC2)nc1N. The second-order valence-electron chi connectivity index (χ2n) is 6.81. The Morgan fingerprint density at radius 2 is 2.10 bits per heavy atom. The summed E-state index contributed by atoms with van der Waals surface area (Å²) < 4.78 is 0. The highest BCUT2D eigenvalue weighted by Gasteiger charge is 2.36. The number of anilines is 2. The highest BCUT2D eigenvalue weighted by Crippen LogP contribution is 2.38. The van der Waals surface area contributed by atoms with Gasteiger partial charge in [0.25, 0.3) is 5.91 Å². The second kappa shape index (κ2) is 5.48. The summed E-state index contributed by atoms with van der Waals surface area (Å²) in [7, 11) is 0. The van der Waals surface area contributed by atoms with Gasteiger partial charge in [-0.1, -0.05) is 31.6 Å². The molecular formula is C15H24N4OS. The monoisotopic (exact) mass is 308 g/mol. The minimum Gasteiger partial charge on any atom is -0.382 e. The number of nitrogen functional groups attached to an aromatic ring is 1. The summed E-state index contributed by atoms with van der Waals surface area (Å²) in [6, 6.07) is 0.238. The summed E-state index contributed by atoms with van der Waals surface area (Å²) in [5, 5.41) is 4.05. The fraction of sp³-hybridized carbons (Fsp3) is 0.733. The maximum Gasteiger partial charge on any atom is 0.265 e. The standard InChI is InChI=1S/C15H24N4OS/c1-15(2)7-5-6-10(15)17-13(20)11-12(16)18-14(21-11)19-8-3-4-9-19/h10H,3-9,16H2,1-2H3,(H,17,20). The zero-order valence-corrected chi connectivity index (χ0v) is 13.6. The number of aromatic nitrogens is 1. The lowest BCUT2D eigenvalue weighted by Gasteiger charge is -2.27. The van der Waals surface area contributed by atoms with Crippen LogP contribution >= 0.6 is 11.3 Å². The molecule has 5 nitrogen and oxygen atoms in total. The Morgan fingerprint density at radius 3 is 2.71 bits per heavy atom. The minimum absolute atomic E-state index is 0.0598. The topological polar surface area (TPSA) is 71.2 Å². The molecule has 1 saturated carbocycles. The molecule has 1 amide bonds. The molecule has 3 rings (SSSR count). The number of hydrogen-bond acceptors (Lipinski definition) is 5. The van der Waals surface area contributed by atoms with Crippen LogP contribution in [0.15, 0.2) is 0 Å². The summed E-state index contributed by atoms with van der Waals surface area (Å²) in [5.74, 6) is 0.311. The van der Waals surface area contributed by atoms with Crippen molar-refractivity contribution in [1.82, 2.24) is 10.3 Å². The first-order chi connectivity index (χ1) is 9.97. The molecule has 21 heavy (non-hydrogen) atoms. The first kappa shape index (κ1) is 14.6. The zero-order chi connectivity index (χ0) is 15.0. The van der Waals surface area contributed by atoms with Crippen LogP contribution in [0.4, 0.5) is 10.9 Å². The summed E-state index contributed by atoms with van der Waals surface area (Å²) >= 11 is 1.43. The molecule has 1 aromatic rings. The summed E-state index contributed by atoms with van der Waals surface area (Å²) in [6.07, 6.45) is 5.77. The lowest BCUT2D eigenvalue weighted by atomic mass is 9.87. The van der Waals surface area contributed by atoms with E-state index in [0.29, 0.717) is 10.7 Å². The van der Waals surface area contributed by atoms with Crippen LogP contribution in [0, 0.1) is 5.41 Å². The van der Waals surface area contributed by atoms with E-state index in [1.165, 1.54) is 30.6 Å².